The average Bonchev–Trinajstić information content (AvgIpc) is 3.34. The van der Waals surface area contributed by atoms with Gasteiger partial charge in [-0.25, -0.2) is 4.39 Å². The van der Waals surface area contributed by atoms with Crippen LogP contribution >= 0.6 is 11.3 Å². The molecule has 33 heavy (non-hydrogen) atoms. The maximum atomic E-state index is 13.2. The fraction of sp³-hybridized carbons (Fsp3) is 0.280. The third kappa shape index (κ3) is 6.40. The Morgan fingerprint density at radius 2 is 1.70 bits per heavy atom. The van der Waals surface area contributed by atoms with Crippen LogP contribution in [0, 0.1) is 17.7 Å². The number of rotatable bonds is 7. The highest BCUT2D eigenvalue weighted by Gasteiger charge is 2.35. The largest absolute Gasteiger partial charge is 0.508 e. The van der Waals surface area contributed by atoms with E-state index in [0.717, 1.165) is 10.4 Å². The van der Waals surface area contributed by atoms with Crippen molar-refractivity contribution in [3.05, 3.63) is 82.3 Å². The predicted molar refractivity (Wildman–Crippen MR) is 126 cm³/mol. The van der Waals surface area contributed by atoms with Gasteiger partial charge in [-0.05, 0) is 59.8 Å². The summed E-state index contributed by atoms with van der Waals surface area (Å²) in [5.74, 6) is -1.15. The van der Waals surface area contributed by atoms with E-state index in [0.29, 0.717) is 38.3 Å². The molecule has 1 saturated heterocycles. The maximum Gasteiger partial charge on any atom is 0.228 e. The zero-order valence-corrected chi connectivity index (χ0v) is 18.9. The van der Waals surface area contributed by atoms with Crippen LogP contribution in [-0.4, -0.2) is 34.9 Å². The number of likely N-dealkylation sites (tertiary alicyclic amines) is 1. The van der Waals surface area contributed by atoms with Gasteiger partial charge in [-0.3, -0.25) is 14.5 Å². The minimum absolute atomic E-state index is 0.0709. The number of halogens is 1. The molecule has 172 valence electrons. The standard InChI is InChI=1S/C25H26FN3O3S/c26-20-5-7-21(8-6-20)28-25(32)19-12-18(24(31)27-13-23-2-1-11-33-23)15-29(16-19)14-17-3-9-22(30)10-4-17/h1-11,18-19,30H,12-16H2,(H,27,31)(H,28,32)/t18-,19+/m0/s1. The number of phenolic OH excluding ortho intramolecular Hbond substituents is 1. The van der Waals surface area contributed by atoms with E-state index in [1.165, 1.54) is 24.3 Å². The normalized spacial score (nSPS) is 18.6. The van der Waals surface area contributed by atoms with Crippen LogP contribution in [0.3, 0.4) is 0 Å². The fourth-order valence-electron chi connectivity index (χ4n) is 4.07. The Morgan fingerprint density at radius 1 is 1.00 bits per heavy atom. The molecule has 0 radical (unpaired) electrons. The van der Waals surface area contributed by atoms with E-state index >= 15 is 0 Å². The van der Waals surface area contributed by atoms with Gasteiger partial charge in [-0.15, -0.1) is 11.3 Å². The van der Waals surface area contributed by atoms with Gasteiger partial charge in [-0.2, -0.15) is 0 Å². The molecule has 0 aliphatic carbocycles. The third-order valence-electron chi connectivity index (χ3n) is 5.74. The minimum Gasteiger partial charge on any atom is -0.508 e. The predicted octanol–water partition coefficient (Wildman–Crippen LogP) is 3.99. The number of hydrogen-bond acceptors (Lipinski definition) is 5. The van der Waals surface area contributed by atoms with Gasteiger partial charge in [0.15, 0.2) is 0 Å². The molecule has 2 atom stereocenters. The minimum atomic E-state index is -0.390. The Hall–Kier alpha value is -3.23. The number of carbonyl (C=O) groups is 2. The summed E-state index contributed by atoms with van der Waals surface area (Å²) in [5.41, 5.74) is 1.51. The van der Waals surface area contributed by atoms with Gasteiger partial charge in [0.2, 0.25) is 11.8 Å². The summed E-state index contributed by atoms with van der Waals surface area (Å²) in [6.45, 7) is 2.08. The van der Waals surface area contributed by atoms with Gasteiger partial charge < -0.3 is 15.7 Å². The Balaban J connectivity index is 1.45. The molecule has 1 aliphatic rings. The third-order valence-corrected chi connectivity index (χ3v) is 6.62. The Kier molecular flexibility index (Phi) is 7.36. The molecule has 1 aromatic heterocycles. The number of nitrogens with zero attached hydrogens (tertiary/aromatic N) is 1. The van der Waals surface area contributed by atoms with Crippen LogP contribution in [0.1, 0.15) is 16.9 Å². The first-order valence-electron chi connectivity index (χ1n) is 10.8. The summed E-state index contributed by atoms with van der Waals surface area (Å²) in [4.78, 5) is 29.1. The first-order chi connectivity index (χ1) is 16.0. The van der Waals surface area contributed by atoms with Crippen molar-refractivity contribution in [1.82, 2.24) is 10.2 Å². The number of benzene rings is 2. The number of piperidine rings is 1. The van der Waals surface area contributed by atoms with E-state index in [-0.39, 0.29) is 29.3 Å². The number of nitrogens with one attached hydrogen (secondary N) is 2. The molecule has 1 aliphatic heterocycles. The monoisotopic (exact) mass is 467 g/mol. The Labute approximate surface area is 196 Å². The van der Waals surface area contributed by atoms with Crippen LogP contribution in [0.4, 0.5) is 10.1 Å². The van der Waals surface area contributed by atoms with Crippen molar-refractivity contribution < 1.29 is 19.1 Å². The molecule has 2 aromatic carbocycles. The van der Waals surface area contributed by atoms with Crippen LogP contribution < -0.4 is 10.6 Å². The van der Waals surface area contributed by atoms with Crippen molar-refractivity contribution in [3.8, 4) is 5.75 Å². The SMILES string of the molecule is O=C(NCc1cccs1)[C@H]1C[C@@H](C(=O)Nc2ccc(F)cc2)CN(Cc2ccc(O)cc2)C1. The number of phenols is 1. The molecule has 3 aromatic rings. The maximum absolute atomic E-state index is 13.2. The van der Waals surface area contributed by atoms with Gasteiger partial charge in [0.1, 0.15) is 11.6 Å². The lowest BCUT2D eigenvalue weighted by Gasteiger charge is -2.36. The van der Waals surface area contributed by atoms with Gasteiger partial charge in [0.25, 0.3) is 0 Å². The molecule has 0 unspecified atom stereocenters. The fourth-order valence-corrected chi connectivity index (χ4v) is 4.71. The average molecular weight is 468 g/mol. The van der Waals surface area contributed by atoms with Gasteiger partial charge in [0, 0.05) is 30.2 Å². The van der Waals surface area contributed by atoms with Gasteiger partial charge >= 0.3 is 0 Å². The number of hydrogen-bond donors (Lipinski definition) is 3. The molecular formula is C25H26FN3O3S. The number of amides is 2. The first-order valence-corrected chi connectivity index (χ1v) is 11.7. The summed E-state index contributed by atoms with van der Waals surface area (Å²) in [7, 11) is 0. The van der Waals surface area contributed by atoms with Gasteiger partial charge in [0.05, 0.1) is 18.4 Å². The molecule has 8 heteroatoms. The van der Waals surface area contributed by atoms with Crippen molar-refractivity contribution in [2.75, 3.05) is 18.4 Å². The molecule has 6 nitrogen and oxygen atoms in total. The highest BCUT2D eigenvalue weighted by atomic mass is 32.1. The molecule has 2 amide bonds. The van der Waals surface area contributed by atoms with Crippen molar-refractivity contribution >= 4 is 28.8 Å². The van der Waals surface area contributed by atoms with Crippen molar-refractivity contribution in [3.63, 3.8) is 0 Å². The van der Waals surface area contributed by atoms with Crippen molar-refractivity contribution in [2.24, 2.45) is 11.8 Å². The van der Waals surface area contributed by atoms with E-state index < -0.39 is 5.92 Å². The second-order valence-corrected chi connectivity index (χ2v) is 9.32. The van der Waals surface area contributed by atoms with Crippen molar-refractivity contribution in [1.29, 1.82) is 0 Å². The van der Waals surface area contributed by atoms with E-state index in [4.69, 9.17) is 0 Å². The van der Waals surface area contributed by atoms with Crippen LogP contribution in [-0.2, 0) is 22.7 Å². The van der Waals surface area contributed by atoms with Crippen LogP contribution in [0.2, 0.25) is 0 Å². The molecule has 3 N–H and O–H groups in total. The molecule has 0 bridgehead atoms. The molecule has 0 spiro atoms. The molecule has 1 fully saturated rings. The second-order valence-electron chi connectivity index (χ2n) is 8.28. The molecule has 0 saturated carbocycles. The zero-order valence-electron chi connectivity index (χ0n) is 18.0. The van der Waals surface area contributed by atoms with Gasteiger partial charge in [-0.1, -0.05) is 18.2 Å². The summed E-state index contributed by atoms with van der Waals surface area (Å²) in [6, 6.07) is 16.5. The number of thiophene rings is 1. The quantitative estimate of drug-likeness (QED) is 0.491. The van der Waals surface area contributed by atoms with Crippen LogP contribution in [0.15, 0.2) is 66.0 Å². The summed E-state index contributed by atoms with van der Waals surface area (Å²) >= 11 is 1.59. The molecular weight excluding hydrogens is 441 g/mol. The lowest BCUT2D eigenvalue weighted by atomic mass is 9.87. The zero-order chi connectivity index (χ0) is 23.2. The van der Waals surface area contributed by atoms with Crippen LogP contribution in [0.25, 0.3) is 0 Å². The number of anilines is 1. The highest BCUT2D eigenvalue weighted by Crippen LogP contribution is 2.26. The Bertz CT molecular complexity index is 1070. The lowest BCUT2D eigenvalue weighted by Crippen LogP contribution is -2.48. The van der Waals surface area contributed by atoms with E-state index in [1.807, 2.05) is 29.6 Å². The summed E-state index contributed by atoms with van der Waals surface area (Å²) < 4.78 is 13.2. The van der Waals surface area contributed by atoms with E-state index in [2.05, 4.69) is 15.5 Å². The lowest BCUT2D eigenvalue weighted by molar-refractivity contribution is -0.130. The van der Waals surface area contributed by atoms with Crippen molar-refractivity contribution in [2.45, 2.75) is 19.5 Å². The molecule has 4 rings (SSSR count). The highest BCUT2D eigenvalue weighted by molar-refractivity contribution is 7.09. The van der Waals surface area contributed by atoms with E-state index in [1.54, 1.807) is 23.5 Å². The smallest absolute Gasteiger partial charge is 0.228 e. The number of aromatic hydroxyl groups is 1. The summed E-state index contributed by atoms with van der Waals surface area (Å²) in [6.07, 6.45) is 0.440. The topological polar surface area (TPSA) is 81.7 Å². The van der Waals surface area contributed by atoms with E-state index in [9.17, 15) is 19.1 Å². The molecule has 2 heterocycles. The number of carbonyl (C=O) groups excluding carboxylic acids is 2. The first kappa shape index (κ1) is 22.9. The summed E-state index contributed by atoms with van der Waals surface area (Å²) in [5, 5.41) is 17.4. The van der Waals surface area contributed by atoms with Crippen LogP contribution in [0.5, 0.6) is 5.75 Å². The Morgan fingerprint density at radius 3 is 2.36 bits per heavy atom. The second kappa shape index (κ2) is 10.6.